The highest BCUT2D eigenvalue weighted by Crippen LogP contribution is 2.39. The maximum atomic E-state index is 5.10. The number of nitrogens with zero attached hydrogens (tertiary/aromatic N) is 1. The molecule has 0 heterocycles. The van der Waals surface area contributed by atoms with Crippen LogP contribution in [0.15, 0.2) is 145 Å². The molecule has 174 valence electrons. The van der Waals surface area contributed by atoms with Gasteiger partial charge in [-0.15, -0.1) is 0 Å². The van der Waals surface area contributed by atoms with E-state index in [1.807, 2.05) is 0 Å². The van der Waals surface area contributed by atoms with Crippen molar-refractivity contribution in [1.82, 2.24) is 0 Å². The van der Waals surface area contributed by atoms with Crippen molar-refractivity contribution in [1.29, 1.82) is 0 Å². The van der Waals surface area contributed by atoms with Gasteiger partial charge in [0.25, 0.3) is 0 Å². The molecule has 0 saturated carbocycles. The molecular weight excluding hydrogens is 465 g/mol. The first-order chi connectivity index (χ1) is 18.4. The van der Waals surface area contributed by atoms with Gasteiger partial charge in [0.05, 0.1) is 5.69 Å². The zero-order valence-corrected chi connectivity index (χ0v) is 21.1. The third-order valence-electron chi connectivity index (χ3n) is 7.05. The molecule has 0 atom stereocenters. The minimum Gasteiger partial charge on any atom is -0.256 e. The van der Waals surface area contributed by atoms with Crippen molar-refractivity contribution >= 4 is 68.1 Å². The van der Waals surface area contributed by atoms with E-state index in [1.54, 1.807) is 0 Å². The van der Waals surface area contributed by atoms with Crippen molar-refractivity contribution in [2.75, 3.05) is 0 Å². The molecule has 1 nitrogen and oxygen atoms in total. The topological polar surface area (TPSA) is 12.4 Å². The van der Waals surface area contributed by atoms with Gasteiger partial charge in [-0.25, -0.2) is 0 Å². The lowest BCUT2D eigenvalue weighted by Crippen LogP contribution is -2.23. The first-order valence-electron chi connectivity index (χ1n) is 12.6. The molecule has 0 fully saturated rings. The van der Waals surface area contributed by atoms with E-state index >= 15 is 0 Å². The van der Waals surface area contributed by atoms with Crippen LogP contribution in [0.25, 0.3) is 32.3 Å². The van der Waals surface area contributed by atoms with Crippen LogP contribution in [0.2, 0.25) is 0 Å². The summed E-state index contributed by atoms with van der Waals surface area (Å²) in [5.41, 5.74) is 2.16. The molecule has 7 aromatic rings. The predicted molar refractivity (Wildman–Crippen MR) is 163 cm³/mol. The molecule has 0 saturated heterocycles. The Balaban J connectivity index is 1.38. The largest absolute Gasteiger partial charge is 0.256 e. The molecule has 0 spiro atoms. The summed E-state index contributed by atoms with van der Waals surface area (Å²) in [4.78, 5) is 5.10. The molecule has 0 unspecified atom stereocenters. The van der Waals surface area contributed by atoms with E-state index in [1.165, 1.54) is 48.2 Å². The highest BCUT2D eigenvalue weighted by molar-refractivity contribution is 7.80. The Hall–Kier alpha value is -4.32. The van der Waals surface area contributed by atoms with Crippen LogP contribution in [0.1, 0.15) is 5.56 Å². The summed E-state index contributed by atoms with van der Waals surface area (Å²) in [5, 5.41) is 11.6. The Labute approximate surface area is 217 Å². The van der Waals surface area contributed by atoms with E-state index in [4.69, 9.17) is 4.99 Å². The maximum absolute atomic E-state index is 5.10. The number of aliphatic imine (C=N–C) groups is 1. The number of benzene rings is 7. The summed E-state index contributed by atoms with van der Waals surface area (Å²) in [6, 6.07) is 50.2. The summed E-state index contributed by atoms with van der Waals surface area (Å²) in [7, 11) is -0.706. The van der Waals surface area contributed by atoms with Crippen LogP contribution >= 0.6 is 7.92 Å². The number of hydrogen-bond acceptors (Lipinski definition) is 1. The first-order valence-corrected chi connectivity index (χ1v) is 13.9. The summed E-state index contributed by atoms with van der Waals surface area (Å²) in [6.45, 7) is 0. The van der Waals surface area contributed by atoms with E-state index in [2.05, 4.69) is 146 Å². The number of hydrogen-bond donors (Lipinski definition) is 0. The van der Waals surface area contributed by atoms with E-state index in [0.29, 0.717) is 0 Å². The molecule has 7 rings (SSSR count). The number of rotatable bonds is 5. The van der Waals surface area contributed by atoms with Gasteiger partial charge in [-0.2, -0.15) is 0 Å². The Kier molecular flexibility index (Phi) is 5.50. The van der Waals surface area contributed by atoms with Gasteiger partial charge in [0.15, 0.2) is 0 Å². The molecule has 7 aromatic carbocycles. The highest BCUT2D eigenvalue weighted by Gasteiger charge is 2.18. The first kappa shape index (κ1) is 21.9. The predicted octanol–water partition coefficient (Wildman–Crippen LogP) is 8.09. The Bertz CT molecular complexity index is 1820. The summed E-state index contributed by atoms with van der Waals surface area (Å²) < 4.78 is 0. The zero-order chi connectivity index (χ0) is 24.6. The van der Waals surface area contributed by atoms with Crippen molar-refractivity contribution in [3.05, 3.63) is 145 Å². The van der Waals surface area contributed by atoms with Gasteiger partial charge in [0.2, 0.25) is 0 Å². The molecule has 0 aliphatic heterocycles. The lowest BCUT2D eigenvalue weighted by Gasteiger charge is -2.21. The normalized spacial score (nSPS) is 11.9. The quantitative estimate of drug-likeness (QED) is 0.132. The van der Waals surface area contributed by atoms with Gasteiger partial charge in [-0.05, 0) is 56.8 Å². The van der Waals surface area contributed by atoms with Gasteiger partial charge in [-0.1, -0.05) is 133 Å². The molecule has 2 heteroatoms. The zero-order valence-electron chi connectivity index (χ0n) is 20.3. The molecule has 0 amide bonds. The van der Waals surface area contributed by atoms with E-state index in [0.717, 1.165) is 11.3 Å². The molecule has 37 heavy (non-hydrogen) atoms. The Morgan fingerprint density at radius 1 is 0.459 bits per heavy atom. The fraction of sp³-hybridized carbons (Fsp3) is 0. The van der Waals surface area contributed by atoms with Gasteiger partial charge >= 0.3 is 0 Å². The van der Waals surface area contributed by atoms with E-state index in [9.17, 15) is 0 Å². The molecule has 0 radical (unpaired) electrons. The van der Waals surface area contributed by atoms with Crippen LogP contribution in [0.4, 0.5) is 5.69 Å². The summed E-state index contributed by atoms with van der Waals surface area (Å²) in [6.07, 6.45) is 2.06. The van der Waals surface area contributed by atoms with Crippen LogP contribution in [0.3, 0.4) is 0 Å². The molecule has 0 aliphatic rings. The third-order valence-corrected chi connectivity index (χ3v) is 9.57. The fourth-order valence-electron chi connectivity index (χ4n) is 5.35. The molecule has 0 aromatic heterocycles. The van der Waals surface area contributed by atoms with Crippen molar-refractivity contribution in [3.8, 4) is 0 Å². The van der Waals surface area contributed by atoms with Crippen LogP contribution < -0.4 is 15.9 Å². The standard InChI is InChI=1S/C35H24NP/c1-3-13-29(14-4-1)37(30-15-5-2-6-16-30)33-17-8-7-10-28(33)24-36-32-23-21-27-19-18-25-11-9-12-26-20-22-31(32)35(27)34(25)26/h1-24H. The van der Waals surface area contributed by atoms with Crippen LogP contribution in [-0.4, -0.2) is 6.21 Å². The van der Waals surface area contributed by atoms with Crippen molar-refractivity contribution in [3.63, 3.8) is 0 Å². The SMILES string of the molecule is C(=Nc1ccc2ccc3cccc4ccc1c2c34)c1ccccc1P(c1ccccc1)c1ccccc1. The Morgan fingerprint density at radius 3 is 1.73 bits per heavy atom. The third kappa shape index (κ3) is 3.89. The minimum absolute atomic E-state index is 0.706. The van der Waals surface area contributed by atoms with Crippen LogP contribution in [-0.2, 0) is 0 Å². The lowest BCUT2D eigenvalue weighted by atomic mass is 9.93. The molecule has 0 bridgehead atoms. The van der Waals surface area contributed by atoms with Crippen molar-refractivity contribution in [2.45, 2.75) is 0 Å². The fourth-order valence-corrected chi connectivity index (χ4v) is 7.77. The van der Waals surface area contributed by atoms with Gasteiger partial charge in [0, 0.05) is 17.2 Å². The van der Waals surface area contributed by atoms with Crippen molar-refractivity contribution < 1.29 is 0 Å². The molecule has 0 aliphatic carbocycles. The smallest absolute Gasteiger partial charge is 0.0708 e. The molecule has 0 N–H and O–H groups in total. The second-order valence-corrected chi connectivity index (χ2v) is 11.4. The van der Waals surface area contributed by atoms with Crippen LogP contribution in [0, 0.1) is 0 Å². The maximum Gasteiger partial charge on any atom is 0.0708 e. The second kappa shape index (κ2) is 9.28. The van der Waals surface area contributed by atoms with Gasteiger partial charge < -0.3 is 0 Å². The summed E-state index contributed by atoms with van der Waals surface area (Å²) in [5.74, 6) is 0. The Morgan fingerprint density at radius 2 is 1.03 bits per heavy atom. The lowest BCUT2D eigenvalue weighted by molar-refractivity contribution is 1.58. The van der Waals surface area contributed by atoms with Gasteiger partial charge in [0.1, 0.15) is 0 Å². The summed E-state index contributed by atoms with van der Waals surface area (Å²) >= 11 is 0. The van der Waals surface area contributed by atoms with E-state index in [-0.39, 0.29) is 0 Å². The monoisotopic (exact) mass is 489 g/mol. The van der Waals surface area contributed by atoms with Gasteiger partial charge in [-0.3, -0.25) is 4.99 Å². The second-order valence-electron chi connectivity index (χ2n) is 9.26. The minimum atomic E-state index is -0.706. The van der Waals surface area contributed by atoms with E-state index < -0.39 is 7.92 Å². The average molecular weight is 490 g/mol. The van der Waals surface area contributed by atoms with Crippen LogP contribution in [0.5, 0.6) is 0 Å². The molecular formula is C35H24NP. The van der Waals surface area contributed by atoms with Crippen molar-refractivity contribution in [2.24, 2.45) is 4.99 Å². The highest BCUT2D eigenvalue weighted by atomic mass is 31.1. The average Bonchev–Trinajstić information content (AvgIpc) is 2.97.